The van der Waals surface area contributed by atoms with E-state index in [4.69, 9.17) is 10.7 Å². The van der Waals surface area contributed by atoms with Crippen LogP contribution in [-0.2, 0) is 0 Å². The molecule has 2 aliphatic carbocycles. The van der Waals surface area contributed by atoms with E-state index in [2.05, 4.69) is 56.9 Å². The topological polar surface area (TPSA) is 42.1 Å². The van der Waals surface area contributed by atoms with Crippen molar-refractivity contribution in [3.63, 3.8) is 0 Å². The fourth-order valence-corrected chi connectivity index (χ4v) is 5.19. The maximum Gasteiger partial charge on any atom is 0.0458 e. The average Bonchev–Trinajstić information content (AvgIpc) is 2.66. The van der Waals surface area contributed by atoms with Crippen LogP contribution in [-0.4, -0.2) is 24.1 Å². The summed E-state index contributed by atoms with van der Waals surface area (Å²) in [5.74, 6) is 0.539. The maximum atomic E-state index is 6.08. The van der Waals surface area contributed by atoms with E-state index in [0.29, 0.717) is 12.0 Å². The van der Waals surface area contributed by atoms with Crippen LogP contribution in [0, 0.1) is 10.8 Å². The Kier molecular flexibility index (Phi) is 4.70. The molecule has 3 aliphatic rings. The van der Waals surface area contributed by atoms with Crippen LogP contribution in [0.2, 0.25) is 0 Å². The minimum Gasteiger partial charge on any atom is -0.371 e. The lowest BCUT2D eigenvalue weighted by molar-refractivity contribution is 0.390. The molecule has 1 fully saturated rings. The van der Waals surface area contributed by atoms with Gasteiger partial charge in [-0.05, 0) is 44.2 Å². The summed E-state index contributed by atoms with van der Waals surface area (Å²) in [5.41, 5.74) is 12.4. The van der Waals surface area contributed by atoms with Crippen LogP contribution in [0.15, 0.2) is 41.6 Å². The molecular formula is C24H35N3. The van der Waals surface area contributed by atoms with Crippen molar-refractivity contribution in [2.45, 2.75) is 71.8 Å². The molecular weight excluding hydrogens is 330 g/mol. The molecule has 0 amide bonds. The molecule has 1 aromatic rings. The second kappa shape index (κ2) is 6.77. The van der Waals surface area contributed by atoms with E-state index in [1.54, 1.807) is 11.1 Å². The van der Waals surface area contributed by atoms with Gasteiger partial charge in [0.2, 0.25) is 0 Å². The first-order valence-electron chi connectivity index (χ1n) is 10.7. The van der Waals surface area contributed by atoms with E-state index >= 15 is 0 Å². The van der Waals surface area contributed by atoms with Crippen LogP contribution in [0.3, 0.4) is 0 Å². The third-order valence-electron chi connectivity index (χ3n) is 7.12. The summed E-state index contributed by atoms with van der Waals surface area (Å²) in [7, 11) is 0. The first-order chi connectivity index (χ1) is 12.8. The van der Waals surface area contributed by atoms with Crippen molar-refractivity contribution in [3.05, 3.63) is 47.3 Å². The molecule has 2 N–H and O–H groups in total. The predicted molar refractivity (Wildman–Crippen MR) is 114 cm³/mol. The molecule has 1 atom stereocenters. The number of allylic oxidation sites excluding steroid dienone is 4. The molecule has 0 bridgehead atoms. The maximum absolute atomic E-state index is 6.08. The highest BCUT2D eigenvalue weighted by atomic mass is 15.1. The van der Waals surface area contributed by atoms with Crippen LogP contribution in [0.5, 0.6) is 0 Å². The Morgan fingerprint density at radius 2 is 1.67 bits per heavy atom. The van der Waals surface area contributed by atoms with Crippen LogP contribution >= 0.6 is 0 Å². The summed E-state index contributed by atoms with van der Waals surface area (Å²) in [5, 5.41) is 0. The summed E-state index contributed by atoms with van der Waals surface area (Å²) in [4.78, 5) is 7.29. The van der Waals surface area contributed by atoms with Gasteiger partial charge in [-0.25, -0.2) is 0 Å². The van der Waals surface area contributed by atoms with Crippen LogP contribution in [0.1, 0.15) is 71.4 Å². The summed E-state index contributed by atoms with van der Waals surface area (Å²) in [6, 6.07) is 4.89. The third-order valence-corrected chi connectivity index (χ3v) is 7.12. The van der Waals surface area contributed by atoms with Crippen LogP contribution in [0.4, 0.5) is 5.69 Å². The minimum atomic E-state index is 0.171. The van der Waals surface area contributed by atoms with Gasteiger partial charge in [-0.2, -0.15) is 0 Å². The van der Waals surface area contributed by atoms with Gasteiger partial charge in [-0.3, -0.25) is 4.98 Å². The Hall–Kier alpha value is -1.61. The molecule has 146 valence electrons. The number of anilines is 1. The molecule has 3 heteroatoms. The predicted octanol–water partition coefficient (Wildman–Crippen LogP) is 5.20. The summed E-state index contributed by atoms with van der Waals surface area (Å²) >= 11 is 0. The van der Waals surface area contributed by atoms with E-state index in [9.17, 15) is 0 Å². The summed E-state index contributed by atoms with van der Waals surface area (Å²) in [6.45, 7) is 11.6. The van der Waals surface area contributed by atoms with Crippen LogP contribution < -0.4 is 10.6 Å². The zero-order valence-electron chi connectivity index (χ0n) is 17.5. The highest BCUT2D eigenvalue weighted by Crippen LogP contribution is 2.52. The zero-order chi connectivity index (χ0) is 19.2. The van der Waals surface area contributed by atoms with E-state index in [-0.39, 0.29) is 10.8 Å². The Bertz CT molecular complexity index is 764. The standard InChI is InChI=1S/C24H35N3/c1-23(2)10-11-24(3,4)21-15-17(5-6-20(21)23)22-16-19(7-12-26-22)27-13-8-18(25)9-14-27/h7,10-12,16-18H,5-6,8-9,13-15,25H2,1-4H3. The number of rotatable bonds is 2. The highest BCUT2D eigenvalue weighted by Gasteiger charge is 2.38. The van der Waals surface area contributed by atoms with Crippen molar-refractivity contribution in [2.24, 2.45) is 16.6 Å². The molecule has 2 heterocycles. The van der Waals surface area contributed by atoms with Crippen molar-refractivity contribution in [3.8, 4) is 0 Å². The monoisotopic (exact) mass is 365 g/mol. The van der Waals surface area contributed by atoms with Crippen molar-refractivity contribution < 1.29 is 0 Å². The van der Waals surface area contributed by atoms with Crippen molar-refractivity contribution >= 4 is 5.69 Å². The number of aromatic nitrogens is 1. The third kappa shape index (κ3) is 3.59. The molecule has 4 rings (SSSR count). The van der Waals surface area contributed by atoms with E-state index < -0.39 is 0 Å². The van der Waals surface area contributed by atoms with Crippen molar-refractivity contribution in [1.82, 2.24) is 4.98 Å². The molecule has 1 unspecified atom stereocenters. The number of piperidine rings is 1. The SMILES string of the molecule is CC1(C)C=CC(C)(C)C2=C1CCC(c1cc(N3CCC(N)CC3)ccn1)C2. The molecule has 1 aromatic heterocycles. The largest absolute Gasteiger partial charge is 0.371 e. The lowest BCUT2D eigenvalue weighted by Crippen LogP contribution is -2.39. The summed E-state index contributed by atoms with van der Waals surface area (Å²) < 4.78 is 0. The Labute approximate surface area is 164 Å². The van der Waals surface area contributed by atoms with Gasteiger partial charge < -0.3 is 10.6 Å². The molecule has 0 radical (unpaired) electrons. The molecule has 3 nitrogen and oxygen atoms in total. The number of hydrogen-bond donors (Lipinski definition) is 1. The second-order valence-electron chi connectivity index (χ2n) is 9.94. The summed E-state index contributed by atoms with van der Waals surface area (Å²) in [6.07, 6.45) is 12.6. The normalized spacial score (nSPS) is 27.6. The van der Waals surface area contributed by atoms with E-state index in [0.717, 1.165) is 32.4 Å². The molecule has 27 heavy (non-hydrogen) atoms. The first kappa shape index (κ1) is 18.7. The fourth-order valence-electron chi connectivity index (χ4n) is 5.19. The fraction of sp³-hybridized carbons (Fsp3) is 0.625. The Balaban J connectivity index is 1.57. The molecule has 0 saturated carbocycles. The second-order valence-corrected chi connectivity index (χ2v) is 9.94. The Morgan fingerprint density at radius 3 is 2.37 bits per heavy atom. The molecule has 0 aromatic carbocycles. The number of nitrogens with two attached hydrogens (primary N) is 1. The van der Waals surface area contributed by atoms with Crippen LogP contribution in [0.25, 0.3) is 0 Å². The van der Waals surface area contributed by atoms with Gasteiger partial charge in [-0.15, -0.1) is 0 Å². The van der Waals surface area contributed by atoms with Gasteiger partial charge in [0.25, 0.3) is 0 Å². The van der Waals surface area contributed by atoms with Gasteiger partial charge >= 0.3 is 0 Å². The van der Waals surface area contributed by atoms with Crippen molar-refractivity contribution in [1.29, 1.82) is 0 Å². The number of pyridine rings is 1. The minimum absolute atomic E-state index is 0.171. The lowest BCUT2D eigenvalue weighted by atomic mass is 9.61. The highest BCUT2D eigenvalue weighted by molar-refractivity contribution is 5.48. The van der Waals surface area contributed by atoms with Gasteiger partial charge in [0, 0.05) is 53.5 Å². The number of nitrogens with zero attached hydrogens (tertiary/aromatic N) is 2. The quantitative estimate of drug-likeness (QED) is 0.733. The number of hydrogen-bond acceptors (Lipinski definition) is 3. The molecule has 1 aliphatic heterocycles. The van der Waals surface area contributed by atoms with E-state index in [1.807, 2.05) is 6.20 Å². The van der Waals surface area contributed by atoms with E-state index in [1.165, 1.54) is 24.2 Å². The first-order valence-corrected chi connectivity index (χ1v) is 10.7. The molecule has 0 spiro atoms. The van der Waals surface area contributed by atoms with Gasteiger partial charge in [0.1, 0.15) is 0 Å². The van der Waals surface area contributed by atoms with Gasteiger partial charge in [0.15, 0.2) is 0 Å². The average molecular weight is 366 g/mol. The Morgan fingerprint density at radius 1 is 1.00 bits per heavy atom. The van der Waals surface area contributed by atoms with Gasteiger partial charge in [-0.1, -0.05) is 51.0 Å². The van der Waals surface area contributed by atoms with Gasteiger partial charge in [0.05, 0.1) is 0 Å². The molecule has 1 saturated heterocycles. The zero-order valence-corrected chi connectivity index (χ0v) is 17.5. The smallest absolute Gasteiger partial charge is 0.0458 e. The van der Waals surface area contributed by atoms with Crippen molar-refractivity contribution in [2.75, 3.05) is 18.0 Å². The lowest BCUT2D eigenvalue weighted by Gasteiger charge is -2.44.